The van der Waals surface area contributed by atoms with Crippen LogP contribution in [0.15, 0.2) is 30.3 Å². The van der Waals surface area contributed by atoms with Crippen LogP contribution in [0.3, 0.4) is 0 Å². The van der Waals surface area contributed by atoms with Crippen LogP contribution in [0.25, 0.3) is 0 Å². The zero-order valence-electron chi connectivity index (χ0n) is 10.5. The number of alkyl halides is 1. The van der Waals surface area contributed by atoms with Gasteiger partial charge in [-0.05, 0) is 12.0 Å². The van der Waals surface area contributed by atoms with Gasteiger partial charge in [0.05, 0.1) is 6.67 Å². The highest BCUT2D eigenvalue weighted by Crippen LogP contribution is 2.29. The summed E-state index contributed by atoms with van der Waals surface area (Å²) in [7, 11) is 0. The minimum atomic E-state index is -0.434. The highest BCUT2D eigenvalue weighted by atomic mass is 19.1. The Balaban J connectivity index is 1.83. The molecule has 0 aliphatic carbocycles. The topological polar surface area (TPSA) is 38.3 Å². The van der Waals surface area contributed by atoms with Gasteiger partial charge < -0.3 is 10.1 Å². The second-order valence-corrected chi connectivity index (χ2v) is 5.18. The summed E-state index contributed by atoms with van der Waals surface area (Å²) in [4.78, 5) is 11.8. The molecule has 1 heterocycles. The number of rotatable bonds is 4. The predicted octanol–water partition coefficient (Wildman–Crippen LogP) is 2.07. The van der Waals surface area contributed by atoms with Gasteiger partial charge in [0, 0.05) is 12.0 Å². The normalized spacial score (nSPS) is 27.1. The number of benzene rings is 1. The number of halogens is 1. The Morgan fingerprint density at radius 2 is 2.22 bits per heavy atom. The Labute approximate surface area is 106 Å². The summed E-state index contributed by atoms with van der Waals surface area (Å²) in [6.07, 6.45) is 0.497. The average Bonchev–Trinajstić information content (AvgIpc) is 2.81. The number of ether oxygens (including phenoxy) is 1. The Morgan fingerprint density at radius 1 is 1.50 bits per heavy atom. The van der Waals surface area contributed by atoms with Crippen LogP contribution in [0.1, 0.15) is 18.9 Å². The van der Waals surface area contributed by atoms with Crippen molar-refractivity contribution in [1.82, 2.24) is 5.32 Å². The molecule has 1 aliphatic heterocycles. The lowest BCUT2D eigenvalue weighted by Gasteiger charge is -2.17. The molecule has 18 heavy (non-hydrogen) atoms. The minimum Gasteiger partial charge on any atom is -0.460 e. The molecule has 4 heteroatoms. The first-order valence-electron chi connectivity index (χ1n) is 6.13. The standard InChI is InChI=1S/C14H18FNO2/c1-14(9-15)7-12(16-10-14)13(17)18-8-11-5-3-2-4-6-11/h2-6,12,16H,7-10H2,1H3/t12?,14-/m1/s1. The minimum absolute atomic E-state index is 0.268. The molecule has 98 valence electrons. The second-order valence-electron chi connectivity index (χ2n) is 5.18. The van der Waals surface area contributed by atoms with E-state index in [1.165, 1.54) is 0 Å². The molecule has 0 radical (unpaired) electrons. The van der Waals surface area contributed by atoms with E-state index < -0.39 is 12.1 Å². The monoisotopic (exact) mass is 251 g/mol. The molecule has 2 atom stereocenters. The molecule has 0 saturated carbocycles. The number of nitrogens with one attached hydrogen (secondary N) is 1. The zero-order valence-corrected chi connectivity index (χ0v) is 10.5. The lowest BCUT2D eigenvalue weighted by atomic mass is 9.89. The number of hydrogen-bond acceptors (Lipinski definition) is 3. The van der Waals surface area contributed by atoms with E-state index in [-0.39, 0.29) is 18.6 Å². The maximum atomic E-state index is 12.8. The molecular weight excluding hydrogens is 233 g/mol. The van der Waals surface area contributed by atoms with E-state index >= 15 is 0 Å². The van der Waals surface area contributed by atoms with E-state index in [2.05, 4.69) is 5.32 Å². The fourth-order valence-electron chi connectivity index (χ4n) is 2.10. The lowest BCUT2D eigenvalue weighted by Crippen LogP contribution is -2.32. The number of carbonyl (C=O) groups is 1. The largest absolute Gasteiger partial charge is 0.460 e. The first-order valence-corrected chi connectivity index (χ1v) is 6.13. The van der Waals surface area contributed by atoms with Crippen molar-refractivity contribution in [3.8, 4) is 0 Å². The summed E-state index contributed by atoms with van der Waals surface area (Å²) < 4.78 is 18.0. The van der Waals surface area contributed by atoms with Crippen molar-refractivity contribution in [2.45, 2.75) is 26.0 Å². The zero-order chi connectivity index (χ0) is 13.0. The Bertz CT molecular complexity index is 410. The van der Waals surface area contributed by atoms with E-state index in [9.17, 15) is 9.18 Å². The van der Waals surface area contributed by atoms with Gasteiger partial charge in [-0.25, -0.2) is 0 Å². The molecule has 1 aliphatic rings. The summed E-state index contributed by atoms with van der Waals surface area (Å²) in [6.45, 7) is 2.21. The second kappa shape index (κ2) is 5.48. The SMILES string of the molecule is C[C@@]1(CF)CNC(C(=O)OCc2ccccc2)C1. The van der Waals surface area contributed by atoms with Crippen LogP contribution >= 0.6 is 0 Å². The van der Waals surface area contributed by atoms with E-state index in [1.807, 2.05) is 37.3 Å². The van der Waals surface area contributed by atoms with Gasteiger partial charge in [0.2, 0.25) is 0 Å². The van der Waals surface area contributed by atoms with Gasteiger partial charge >= 0.3 is 5.97 Å². The van der Waals surface area contributed by atoms with Crippen LogP contribution in [-0.4, -0.2) is 25.2 Å². The number of hydrogen-bond donors (Lipinski definition) is 1. The van der Waals surface area contributed by atoms with Gasteiger partial charge in [0.15, 0.2) is 0 Å². The fourth-order valence-corrected chi connectivity index (χ4v) is 2.10. The van der Waals surface area contributed by atoms with E-state index in [1.54, 1.807) is 0 Å². The molecule has 1 aromatic carbocycles. The summed E-state index contributed by atoms with van der Waals surface area (Å²) >= 11 is 0. The van der Waals surface area contributed by atoms with E-state index in [0.717, 1.165) is 5.56 Å². The van der Waals surface area contributed by atoms with E-state index in [0.29, 0.717) is 13.0 Å². The van der Waals surface area contributed by atoms with Crippen molar-refractivity contribution in [2.75, 3.05) is 13.2 Å². The first kappa shape index (κ1) is 13.0. The van der Waals surface area contributed by atoms with Crippen molar-refractivity contribution < 1.29 is 13.9 Å². The summed E-state index contributed by atoms with van der Waals surface area (Å²) in [5.41, 5.74) is 0.522. The van der Waals surface area contributed by atoms with Crippen LogP contribution in [-0.2, 0) is 16.1 Å². The van der Waals surface area contributed by atoms with Crippen molar-refractivity contribution >= 4 is 5.97 Å². The van der Waals surface area contributed by atoms with Gasteiger partial charge in [0.1, 0.15) is 12.6 Å². The van der Waals surface area contributed by atoms with Crippen LogP contribution in [0, 0.1) is 5.41 Å². The highest BCUT2D eigenvalue weighted by Gasteiger charge is 2.39. The first-order chi connectivity index (χ1) is 8.63. The Hall–Kier alpha value is -1.42. The molecule has 0 amide bonds. The van der Waals surface area contributed by atoms with Crippen molar-refractivity contribution in [1.29, 1.82) is 0 Å². The molecule has 0 aromatic heterocycles. The molecule has 0 bridgehead atoms. The maximum Gasteiger partial charge on any atom is 0.323 e. The van der Waals surface area contributed by atoms with Crippen LogP contribution < -0.4 is 5.32 Å². The smallest absolute Gasteiger partial charge is 0.323 e. The third-order valence-electron chi connectivity index (χ3n) is 3.30. The van der Waals surface area contributed by atoms with Gasteiger partial charge in [0.25, 0.3) is 0 Å². The molecule has 2 rings (SSSR count). The third kappa shape index (κ3) is 3.07. The quantitative estimate of drug-likeness (QED) is 0.832. The summed E-state index contributed by atoms with van der Waals surface area (Å²) in [6, 6.07) is 9.14. The lowest BCUT2D eigenvalue weighted by molar-refractivity contribution is -0.147. The van der Waals surface area contributed by atoms with E-state index in [4.69, 9.17) is 4.74 Å². The molecule has 1 saturated heterocycles. The highest BCUT2D eigenvalue weighted by molar-refractivity contribution is 5.76. The molecule has 1 N–H and O–H groups in total. The van der Waals surface area contributed by atoms with Gasteiger partial charge in [-0.3, -0.25) is 9.18 Å². The van der Waals surface area contributed by atoms with Crippen LogP contribution in [0.2, 0.25) is 0 Å². The number of esters is 1. The van der Waals surface area contributed by atoms with Gasteiger partial charge in [-0.1, -0.05) is 37.3 Å². The molecule has 0 spiro atoms. The van der Waals surface area contributed by atoms with Crippen molar-refractivity contribution in [3.63, 3.8) is 0 Å². The Kier molecular flexibility index (Phi) is 3.97. The predicted molar refractivity (Wildman–Crippen MR) is 66.7 cm³/mol. The number of carbonyl (C=O) groups excluding carboxylic acids is 1. The third-order valence-corrected chi connectivity index (χ3v) is 3.30. The van der Waals surface area contributed by atoms with Crippen LogP contribution in [0.4, 0.5) is 4.39 Å². The maximum absolute atomic E-state index is 12.8. The van der Waals surface area contributed by atoms with Crippen LogP contribution in [0.5, 0.6) is 0 Å². The molecule has 1 aromatic rings. The molecular formula is C14H18FNO2. The molecule has 1 fully saturated rings. The van der Waals surface area contributed by atoms with Gasteiger partial charge in [-0.15, -0.1) is 0 Å². The van der Waals surface area contributed by atoms with Crippen molar-refractivity contribution in [2.24, 2.45) is 5.41 Å². The summed E-state index contributed by atoms with van der Waals surface area (Å²) in [5.74, 6) is -0.295. The Morgan fingerprint density at radius 3 is 2.83 bits per heavy atom. The fraction of sp³-hybridized carbons (Fsp3) is 0.500. The van der Waals surface area contributed by atoms with Gasteiger partial charge in [-0.2, -0.15) is 0 Å². The average molecular weight is 251 g/mol. The molecule has 1 unspecified atom stereocenters. The molecule has 3 nitrogen and oxygen atoms in total. The van der Waals surface area contributed by atoms with Crippen molar-refractivity contribution in [3.05, 3.63) is 35.9 Å². The summed E-state index contributed by atoms with van der Waals surface area (Å²) in [5, 5.41) is 3.02.